The third-order valence-corrected chi connectivity index (χ3v) is 3.91. The third-order valence-electron chi connectivity index (χ3n) is 3.91. The van der Waals surface area contributed by atoms with Crippen molar-refractivity contribution < 1.29 is 13.9 Å². The number of aromatic nitrogens is 1. The highest BCUT2D eigenvalue weighted by molar-refractivity contribution is 5.85. The Bertz CT molecular complexity index is 911. The smallest absolute Gasteiger partial charge is 0.260 e. The van der Waals surface area contributed by atoms with Crippen LogP contribution in [0.1, 0.15) is 11.3 Å². The summed E-state index contributed by atoms with van der Waals surface area (Å²) in [7, 11) is 1.67. The number of nitrogens with zero attached hydrogens (tertiary/aromatic N) is 2. The topological polar surface area (TPSA) is 42.4 Å². The zero-order chi connectivity index (χ0) is 17.8. The minimum absolute atomic E-state index is 0.0967. The first kappa shape index (κ1) is 16.9. The monoisotopic (exact) mass is 338 g/mol. The molecule has 0 atom stereocenters. The van der Waals surface area contributed by atoms with Crippen LogP contribution in [0.2, 0.25) is 0 Å². The molecule has 1 heterocycles. The van der Waals surface area contributed by atoms with Gasteiger partial charge in [0.25, 0.3) is 5.91 Å². The summed E-state index contributed by atoms with van der Waals surface area (Å²) in [5, 5.41) is 0.962. The summed E-state index contributed by atoms with van der Waals surface area (Å²) in [6.45, 7) is 2.14. The van der Waals surface area contributed by atoms with E-state index in [4.69, 9.17) is 4.74 Å². The van der Waals surface area contributed by atoms with Gasteiger partial charge in [-0.2, -0.15) is 0 Å². The molecule has 3 aromatic rings. The lowest BCUT2D eigenvalue weighted by Crippen LogP contribution is -2.31. The number of pyridine rings is 1. The van der Waals surface area contributed by atoms with Gasteiger partial charge in [-0.25, -0.2) is 9.37 Å². The maximum absolute atomic E-state index is 13.2. The third kappa shape index (κ3) is 4.12. The summed E-state index contributed by atoms with van der Waals surface area (Å²) in [5.41, 5.74) is 2.36. The Morgan fingerprint density at radius 2 is 1.96 bits per heavy atom. The molecule has 0 aliphatic heterocycles. The number of hydrogen-bond donors (Lipinski definition) is 0. The van der Waals surface area contributed by atoms with Crippen LogP contribution in [0, 0.1) is 12.7 Å². The Hall–Kier alpha value is -2.95. The molecule has 4 nitrogen and oxygen atoms in total. The SMILES string of the molecule is Cc1ccc2cccc(OCC(=O)N(C)Cc3cccc(F)c3)c2n1. The zero-order valence-electron chi connectivity index (χ0n) is 14.2. The number of carbonyl (C=O) groups excluding carboxylic acids is 1. The number of benzene rings is 2. The van der Waals surface area contributed by atoms with Crippen molar-refractivity contribution in [2.75, 3.05) is 13.7 Å². The highest BCUT2D eigenvalue weighted by atomic mass is 19.1. The molecule has 128 valence electrons. The predicted octanol–water partition coefficient (Wildman–Crippen LogP) is 3.72. The predicted molar refractivity (Wildman–Crippen MR) is 94.8 cm³/mol. The minimum atomic E-state index is -0.313. The molecule has 0 N–H and O–H groups in total. The van der Waals surface area contributed by atoms with Crippen LogP contribution in [0.4, 0.5) is 4.39 Å². The molecule has 1 aromatic heterocycles. The summed E-state index contributed by atoms with van der Waals surface area (Å²) in [6, 6.07) is 15.7. The van der Waals surface area contributed by atoms with Gasteiger partial charge in [0.15, 0.2) is 6.61 Å². The fraction of sp³-hybridized carbons (Fsp3) is 0.200. The normalized spacial score (nSPS) is 10.7. The molecule has 2 aromatic carbocycles. The summed E-state index contributed by atoms with van der Waals surface area (Å²) < 4.78 is 18.9. The first-order valence-corrected chi connectivity index (χ1v) is 8.00. The van der Waals surface area contributed by atoms with Gasteiger partial charge in [0.1, 0.15) is 17.1 Å². The Kier molecular flexibility index (Phi) is 4.93. The molecule has 0 aliphatic rings. The molecule has 0 aliphatic carbocycles. The fourth-order valence-electron chi connectivity index (χ4n) is 2.58. The maximum atomic E-state index is 13.2. The van der Waals surface area contributed by atoms with E-state index in [0.29, 0.717) is 12.3 Å². The highest BCUT2D eigenvalue weighted by Crippen LogP contribution is 2.24. The molecule has 0 fully saturated rings. The molecule has 5 heteroatoms. The van der Waals surface area contributed by atoms with Crippen molar-refractivity contribution in [2.24, 2.45) is 0 Å². The lowest BCUT2D eigenvalue weighted by atomic mass is 10.2. The second kappa shape index (κ2) is 7.30. The van der Waals surface area contributed by atoms with Crippen molar-refractivity contribution in [3.05, 3.63) is 71.7 Å². The number of ether oxygens (including phenoxy) is 1. The van der Waals surface area contributed by atoms with Gasteiger partial charge in [0.05, 0.1) is 0 Å². The summed E-state index contributed by atoms with van der Waals surface area (Å²) in [4.78, 5) is 18.3. The molecule has 0 saturated heterocycles. The number of rotatable bonds is 5. The average molecular weight is 338 g/mol. The molecule has 1 amide bonds. The number of hydrogen-bond acceptors (Lipinski definition) is 3. The van der Waals surface area contributed by atoms with Crippen LogP contribution < -0.4 is 4.74 Å². The van der Waals surface area contributed by atoms with Gasteiger partial charge in [-0.1, -0.05) is 30.3 Å². The molecule has 0 unspecified atom stereocenters. The van der Waals surface area contributed by atoms with Crippen molar-refractivity contribution in [2.45, 2.75) is 13.5 Å². The van der Waals surface area contributed by atoms with Crippen LogP contribution in [0.15, 0.2) is 54.6 Å². The largest absolute Gasteiger partial charge is 0.481 e. The van der Waals surface area contributed by atoms with Crippen LogP contribution >= 0.6 is 0 Å². The molecule has 25 heavy (non-hydrogen) atoms. The summed E-state index contributed by atoms with van der Waals surface area (Å²) in [5.74, 6) is 0.0782. The first-order valence-electron chi connectivity index (χ1n) is 8.00. The van der Waals surface area contributed by atoms with Gasteiger partial charge in [0, 0.05) is 24.7 Å². The minimum Gasteiger partial charge on any atom is -0.481 e. The van der Waals surface area contributed by atoms with Crippen molar-refractivity contribution in [1.29, 1.82) is 0 Å². The van der Waals surface area contributed by atoms with E-state index < -0.39 is 0 Å². The number of fused-ring (bicyclic) bond motifs is 1. The molecule has 0 bridgehead atoms. The number of halogens is 1. The van der Waals surface area contributed by atoms with E-state index in [1.165, 1.54) is 17.0 Å². The van der Waals surface area contributed by atoms with Crippen molar-refractivity contribution >= 4 is 16.8 Å². The highest BCUT2D eigenvalue weighted by Gasteiger charge is 2.12. The summed E-state index contributed by atoms with van der Waals surface area (Å²) >= 11 is 0. The number of likely N-dealkylation sites (N-methyl/N-ethyl adjacent to an activating group) is 1. The van der Waals surface area contributed by atoms with Gasteiger partial charge < -0.3 is 9.64 Å². The van der Waals surface area contributed by atoms with E-state index in [2.05, 4.69) is 4.98 Å². The van der Waals surface area contributed by atoms with Crippen molar-refractivity contribution in [1.82, 2.24) is 9.88 Å². The Labute approximate surface area is 145 Å². The molecule has 0 radical (unpaired) electrons. The Morgan fingerprint density at radius 3 is 2.76 bits per heavy atom. The van der Waals surface area contributed by atoms with E-state index in [0.717, 1.165) is 22.2 Å². The zero-order valence-corrected chi connectivity index (χ0v) is 14.2. The Balaban J connectivity index is 1.67. The molecule has 3 rings (SSSR count). The van der Waals surface area contributed by atoms with E-state index in [9.17, 15) is 9.18 Å². The number of carbonyl (C=O) groups is 1. The molecule has 0 saturated carbocycles. The fourth-order valence-corrected chi connectivity index (χ4v) is 2.58. The van der Waals surface area contributed by atoms with Gasteiger partial charge in [0.2, 0.25) is 0 Å². The van der Waals surface area contributed by atoms with Crippen LogP contribution in [0.3, 0.4) is 0 Å². The lowest BCUT2D eigenvalue weighted by molar-refractivity contribution is -0.132. The van der Waals surface area contributed by atoms with Crippen molar-refractivity contribution in [3.63, 3.8) is 0 Å². The van der Waals surface area contributed by atoms with E-state index in [-0.39, 0.29) is 18.3 Å². The van der Waals surface area contributed by atoms with Gasteiger partial charge in [-0.15, -0.1) is 0 Å². The van der Waals surface area contributed by atoms with E-state index >= 15 is 0 Å². The second-order valence-electron chi connectivity index (χ2n) is 5.95. The molecular formula is C20H19FN2O2. The lowest BCUT2D eigenvalue weighted by Gasteiger charge is -2.18. The average Bonchev–Trinajstić information content (AvgIpc) is 2.59. The number of para-hydroxylation sites is 1. The standard InChI is InChI=1S/C20H19FN2O2/c1-14-9-10-16-6-4-8-18(20(16)22-14)25-13-19(24)23(2)12-15-5-3-7-17(21)11-15/h3-11H,12-13H2,1-2H3. The van der Waals surface area contributed by atoms with Gasteiger partial charge in [-0.05, 0) is 36.8 Å². The number of aryl methyl sites for hydroxylation is 1. The first-order chi connectivity index (χ1) is 12.0. The quantitative estimate of drug-likeness (QED) is 0.712. The van der Waals surface area contributed by atoms with Crippen LogP contribution in [-0.2, 0) is 11.3 Å². The molecular weight excluding hydrogens is 319 g/mol. The maximum Gasteiger partial charge on any atom is 0.260 e. The second-order valence-corrected chi connectivity index (χ2v) is 5.95. The van der Waals surface area contributed by atoms with Gasteiger partial charge >= 0.3 is 0 Å². The van der Waals surface area contributed by atoms with E-state index in [1.54, 1.807) is 25.2 Å². The molecule has 0 spiro atoms. The van der Waals surface area contributed by atoms with Crippen LogP contribution in [0.5, 0.6) is 5.75 Å². The van der Waals surface area contributed by atoms with Crippen molar-refractivity contribution in [3.8, 4) is 5.75 Å². The van der Waals surface area contributed by atoms with Crippen LogP contribution in [0.25, 0.3) is 10.9 Å². The summed E-state index contributed by atoms with van der Waals surface area (Å²) in [6.07, 6.45) is 0. The Morgan fingerprint density at radius 1 is 1.16 bits per heavy atom. The van der Waals surface area contributed by atoms with E-state index in [1.807, 2.05) is 31.2 Å². The van der Waals surface area contributed by atoms with Crippen LogP contribution in [-0.4, -0.2) is 29.4 Å². The van der Waals surface area contributed by atoms with Gasteiger partial charge in [-0.3, -0.25) is 4.79 Å². The number of amides is 1.